The number of rotatable bonds is 3. The van der Waals surface area contributed by atoms with Crippen LogP contribution in [0.1, 0.15) is 35.1 Å². The third-order valence-electron chi connectivity index (χ3n) is 5.25. The Hall–Kier alpha value is -3.15. The van der Waals surface area contributed by atoms with Crippen molar-refractivity contribution in [2.24, 2.45) is 5.92 Å². The molecule has 1 aliphatic rings. The SMILES string of the molecule is CCOC(=O)[C@H]1C(=O)Nc2sc3c(C)c(C#N)c(N)[nH+]c3c2[C@@H]1c1ccccc1Cl. The summed E-state index contributed by atoms with van der Waals surface area (Å²) < 4.78 is 6.00. The number of thiophene rings is 1. The molecule has 1 aliphatic heterocycles. The number of esters is 1. The zero-order valence-electron chi connectivity index (χ0n) is 16.2. The van der Waals surface area contributed by atoms with Gasteiger partial charge in [-0.25, -0.2) is 4.98 Å². The van der Waals surface area contributed by atoms with E-state index < -0.39 is 23.7 Å². The Labute approximate surface area is 181 Å². The van der Waals surface area contributed by atoms with E-state index in [1.54, 1.807) is 31.2 Å². The Balaban J connectivity index is 2.06. The summed E-state index contributed by atoms with van der Waals surface area (Å²) in [7, 11) is 0. The molecule has 0 radical (unpaired) electrons. The molecule has 0 saturated heterocycles. The molecule has 0 fully saturated rings. The van der Waals surface area contributed by atoms with Gasteiger partial charge in [0.1, 0.15) is 28.1 Å². The number of aromatic amines is 1. The number of nitrogen functional groups attached to an aromatic ring is 1. The van der Waals surface area contributed by atoms with E-state index in [4.69, 9.17) is 22.1 Å². The average molecular weight is 442 g/mol. The van der Waals surface area contributed by atoms with Gasteiger partial charge in [-0.15, -0.1) is 11.3 Å². The maximum atomic E-state index is 13.0. The molecule has 1 amide bonds. The van der Waals surface area contributed by atoms with Crippen LogP contribution in [0, 0.1) is 24.2 Å². The molecule has 4 N–H and O–H groups in total. The van der Waals surface area contributed by atoms with Crippen molar-refractivity contribution < 1.29 is 19.3 Å². The molecule has 3 heterocycles. The average Bonchev–Trinajstić information content (AvgIpc) is 3.06. The summed E-state index contributed by atoms with van der Waals surface area (Å²) >= 11 is 7.82. The summed E-state index contributed by atoms with van der Waals surface area (Å²) in [5.41, 5.74) is 9.18. The minimum atomic E-state index is -1.11. The number of benzene rings is 1. The molecule has 30 heavy (non-hydrogen) atoms. The summed E-state index contributed by atoms with van der Waals surface area (Å²) in [6.45, 7) is 3.65. The fourth-order valence-corrected chi connectivity index (χ4v) is 5.39. The zero-order chi connectivity index (χ0) is 21.6. The van der Waals surface area contributed by atoms with E-state index in [2.05, 4.69) is 16.4 Å². The van der Waals surface area contributed by atoms with Crippen LogP contribution in [0.3, 0.4) is 0 Å². The number of carbonyl (C=O) groups is 2. The Bertz CT molecular complexity index is 1250. The molecule has 0 spiro atoms. The van der Waals surface area contributed by atoms with Gasteiger partial charge in [-0.05, 0) is 31.0 Å². The van der Waals surface area contributed by atoms with Gasteiger partial charge >= 0.3 is 5.97 Å². The number of H-pyrrole nitrogens is 1. The molecule has 4 rings (SSSR count). The van der Waals surface area contributed by atoms with Crippen molar-refractivity contribution in [2.75, 3.05) is 17.7 Å². The number of nitriles is 1. The lowest BCUT2D eigenvalue weighted by atomic mass is 9.78. The number of pyridine rings is 1. The van der Waals surface area contributed by atoms with Crippen LogP contribution in [0.5, 0.6) is 0 Å². The largest absolute Gasteiger partial charge is 0.465 e. The smallest absolute Gasteiger partial charge is 0.319 e. The first-order valence-electron chi connectivity index (χ1n) is 9.28. The number of fused-ring (bicyclic) bond motifs is 3. The molecule has 2 aromatic heterocycles. The van der Waals surface area contributed by atoms with E-state index in [9.17, 15) is 14.9 Å². The minimum absolute atomic E-state index is 0.152. The van der Waals surface area contributed by atoms with Crippen molar-refractivity contribution in [3.8, 4) is 6.07 Å². The number of carbonyl (C=O) groups excluding carboxylic acids is 2. The number of halogens is 1. The van der Waals surface area contributed by atoms with Gasteiger partial charge in [-0.3, -0.25) is 15.3 Å². The van der Waals surface area contributed by atoms with Crippen molar-refractivity contribution >= 4 is 55.8 Å². The Morgan fingerprint density at radius 3 is 2.83 bits per heavy atom. The molecule has 0 unspecified atom stereocenters. The number of nitrogens with zero attached hydrogens (tertiary/aromatic N) is 1. The van der Waals surface area contributed by atoms with E-state index in [1.165, 1.54) is 11.3 Å². The Morgan fingerprint density at radius 2 is 2.17 bits per heavy atom. The molecular formula is C21H18ClN4O3S+. The topological polar surface area (TPSA) is 119 Å². The first kappa shape index (κ1) is 20.1. The first-order chi connectivity index (χ1) is 14.4. The van der Waals surface area contributed by atoms with Gasteiger partial charge in [-0.2, -0.15) is 5.26 Å². The number of hydrogen-bond acceptors (Lipinski definition) is 6. The van der Waals surface area contributed by atoms with E-state index in [1.807, 2.05) is 6.92 Å². The number of aryl methyl sites for hydroxylation is 1. The highest BCUT2D eigenvalue weighted by Gasteiger charge is 2.46. The summed E-state index contributed by atoms with van der Waals surface area (Å²) in [4.78, 5) is 28.9. The maximum Gasteiger partial charge on any atom is 0.319 e. The van der Waals surface area contributed by atoms with Gasteiger partial charge in [0, 0.05) is 16.5 Å². The highest BCUT2D eigenvalue weighted by Crippen LogP contribution is 2.50. The van der Waals surface area contributed by atoms with Gasteiger partial charge in [0.25, 0.3) is 5.82 Å². The number of nitrogens with two attached hydrogens (primary N) is 1. The lowest BCUT2D eigenvalue weighted by molar-refractivity contribution is -0.327. The number of anilines is 2. The quantitative estimate of drug-likeness (QED) is 0.476. The fourth-order valence-electron chi connectivity index (χ4n) is 3.92. The number of aromatic nitrogens is 1. The highest BCUT2D eigenvalue weighted by atomic mass is 35.5. The molecule has 7 nitrogen and oxygen atoms in total. The number of nitrogens with one attached hydrogen (secondary N) is 2. The molecule has 3 aromatic rings. The van der Waals surface area contributed by atoms with Gasteiger partial charge in [0.15, 0.2) is 0 Å². The molecule has 152 valence electrons. The van der Waals surface area contributed by atoms with Crippen LogP contribution in [0.4, 0.5) is 10.8 Å². The first-order valence-corrected chi connectivity index (χ1v) is 10.5. The van der Waals surface area contributed by atoms with E-state index in [-0.39, 0.29) is 12.4 Å². The summed E-state index contributed by atoms with van der Waals surface area (Å²) in [6.07, 6.45) is 0. The molecule has 0 bridgehead atoms. The second kappa shape index (κ2) is 7.59. The van der Waals surface area contributed by atoms with Crippen LogP contribution < -0.4 is 16.0 Å². The van der Waals surface area contributed by atoms with Gasteiger partial charge < -0.3 is 10.1 Å². The highest BCUT2D eigenvalue weighted by molar-refractivity contribution is 7.23. The normalized spacial score (nSPS) is 17.9. The van der Waals surface area contributed by atoms with Crippen LogP contribution in [-0.2, 0) is 14.3 Å². The van der Waals surface area contributed by atoms with E-state index in [0.717, 1.165) is 4.70 Å². The van der Waals surface area contributed by atoms with Crippen LogP contribution in [0.15, 0.2) is 24.3 Å². The molecule has 9 heteroatoms. The lowest BCUT2D eigenvalue weighted by Gasteiger charge is -2.30. The van der Waals surface area contributed by atoms with Crippen LogP contribution >= 0.6 is 22.9 Å². The van der Waals surface area contributed by atoms with Crippen molar-refractivity contribution in [3.63, 3.8) is 0 Å². The molecule has 0 saturated carbocycles. The number of hydrogen-bond donors (Lipinski definition) is 2. The van der Waals surface area contributed by atoms with Gasteiger partial charge in [0.05, 0.1) is 11.3 Å². The number of amides is 1. The molecule has 2 atom stereocenters. The Kier molecular flexibility index (Phi) is 5.10. The van der Waals surface area contributed by atoms with Crippen LogP contribution in [0.25, 0.3) is 10.2 Å². The maximum absolute atomic E-state index is 13.0. The minimum Gasteiger partial charge on any atom is -0.465 e. The third-order valence-corrected chi connectivity index (χ3v) is 6.83. The van der Waals surface area contributed by atoms with E-state index >= 15 is 0 Å². The van der Waals surface area contributed by atoms with Crippen molar-refractivity contribution in [1.29, 1.82) is 5.26 Å². The second-order valence-electron chi connectivity index (χ2n) is 6.92. The number of ether oxygens (including phenoxy) is 1. The Morgan fingerprint density at radius 1 is 1.43 bits per heavy atom. The second-order valence-corrected chi connectivity index (χ2v) is 8.35. The van der Waals surface area contributed by atoms with Crippen LogP contribution in [0.2, 0.25) is 5.02 Å². The molecular weight excluding hydrogens is 424 g/mol. The monoisotopic (exact) mass is 441 g/mol. The summed E-state index contributed by atoms with van der Waals surface area (Å²) in [5.74, 6) is -2.63. The fraction of sp³-hybridized carbons (Fsp3) is 0.238. The lowest BCUT2D eigenvalue weighted by Crippen LogP contribution is -2.40. The van der Waals surface area contributed by atoms with Gasteiger partial charge in [-0.1, -0.05) is 29.8 Å². The van der Waals surface area contributed by atoms with Crippen molar-refractivity contribution in [2.45, 2.75) is 19.8 Å². The van der Waals surface area contributed by atoms with E-state index in [0.29, 0.717) is 37.8 Å². The van der Waals surface area contributed by atoms with Crippen molar-refractivity contribution in [3.05, 3.63) is 51.5 Å². The van der Waals surface area contributed by atoms with Crippen molar-refractivity contribution in [1.82, 2.24) is 0 Å². The van der Waals surface area contributed by atoms with Crippen LogP contribution in [-0.4, -0.2) is 18.5 Å². The predicted molar refractivity (Wildman–Crippen MR) is 114 cm³/mol. The standard InChI is InChI=1S/C21H17ClN4O3S/c1-3-29-21(28)15-13(10-6-4-5-7-12(10)22)14-16-17(30-20(14)26-19(15)27)9(2)11(8-23)18(24)25-16/h4-7,13,15H,3H2,1-2H3,(H2,24,25)(H,26,27)/p+1/t13-,15+/m0/s1. The predicted octanol–water partition coefficient (Wildman–Crippen LogP) is 3.39. The summed E-state index contributed by atoms with van der Waals surface area (Å²) in [5, 5.41) is 13.3. The molecule has 0 aliphatic carbocycles. The zero-order valence-corrected chi connectivity index (χ0v) is 17.8. The van der Waals surface area contributed by atoms with Gasteiger partial charge in [0.2, 0.25) is 5.91 Å². The summed E-state index contributed by atoms with van der Waals surface area (Å²) in [6, 6.07) is 9.22. The third kappa shape index (κ3) is 2.98. The molecule has 1 aromatic carbocycles.